The maximum Gasteiger partial charge on any atom is 0.349 e. The van der Waals surface area contributed by atoms with Gasteiger partial charge in [-0.3, -0.25) is 9.52 Å². The number of aryl methyl sites for hydroxylation is 1. The number of carbonyl (C=O) groups excluding carboxylic acids is 1. The van der Waals surface area contributed by atoms with Crippen molar-refractivity contribution in [1.82, 2.24) is 0 Å². The lowest BCUT2D eigenvalue weighted by Crippen LogP contribution is -2.24. The second kappa shape index (κ2) is 7.72. The maximum atomic E-state index is 13.6. The first-order valence-electron chi connectivity index (χ1n) is 8.45. The van der Waals surface area contributed by atoms with E-state index in [1.54, 1.807) is 13.0 Å². The summed E-state index contributed by atoms with van der Waals surface area (Å²) in [6.45, 7) is 2.61. The Balaban J connectivity index is 1.91. The standard InChI is InChI=1S/C18H19FN2O6S/c1-10-7-15(11-5-6-26-9-11)27-18(23)16(10)17(22)20-14-8-12(19)3-4-13(14)21-28(2,24)25/h3-4,7-8,11,21H,5-6,9H2,1-2H3,(H,20,22). The molecule has 2 N–H and O–H groups in total. The zero-order valence-electron chi connectivity index (χ0n) is 15.2. The van der Waals surface area contributed by atoms with E-state index >= 15 is 0 Å². The Bertz CT molecular complexity index is 1070. The molecule has 2 heterocycles. The fourth-order valence-electron chi connectivity index (χ4n) is 2.96. The third kappa shape index (κ3) is 4.57. The number of sulfonamides is 1. The number of ether oxygens (including phenoxy) is 1. The molecule has 10 heteroatoms. The predicted molar refractivity (Wildman–Crippen MR) is 101 cm³/mol. The highest BCUT2D eigenvalue weighted by atomic mass is 32.2. The maximum absolute atomic E-state index is 13.6. The van der Waals surface area contributed by atoms with Crippen molar-refractivity contribution in [3.8, 4) is 0 Å². The second-order valence-electron chi connectivity index (χ2n) is 6.57. The Labute approximate surface area is 160 Å². The van der Waals surface area contributed by atoms with Crippen molar-refractivity contribution < 1.29 is 26.8 Å². The molecule has 150 valence electrons. The fraction of sp³-hybridized carbons (Fsp3) is 0.333. The predicted octanol–water partition coefficient (Wildman–Crippen LogP) is 2.22. The van der Waals surface area contributed by atoms with Crippen LogP contribution in [0.4, 0.5) is 15.8 Å². The Morgan fingerprint density at radius 2 is 2.00 bits per heavy atom. The van der Waals surface area contributed by atoms with E-state index in [9.17, 15) is 22.4 Å². The summed E-state index contributed by atoms with van der Waals surface area (Å²) in [5.41, 5.74) is -0.822. The third-order valence-electron chi connectivity index (χ3n) is 4.25. The smallest absolute Gasteiger partial charge is 0.349 e. The molecule has 0 aliphatic carbocycles. The van der Waals surface area contributed by atoms with Crippen LogP contribution in [-0.4, -0.2) is 33.8 Å². The van der Waals surface area contributed by atoms with Crippen LogP contribution in [-0.2, 0) is 14.8 Å². The van der Waals surface area contributed by atoms with Crippen molar-refractivity contribution in [2.45, 2.75) is 19.3 Å². The van der Waals surface area contributed by atoms with Gasteiger partial charge in [0.2, 0.25) is 10.0 Å². The Kier molecular flexibility index (Phi) is 5.52. The molecule has 0 radical (unpaired) electrons. The van der Waals surface area contributed by atoms with Crippen LogP contribution in [0, 0.1) is 12.7 Å². The molecular weight excluding hydrogens is 391 g/mol. The molecule has 8 nitrogen and oxygen atoms in total. The number of hydrogen-bond donors (Lipinski definition) is 2. The van der Waals surface area contributed by atoms with Gasteiger partial charge in [0.15, 0.2) is 0 Å². The highest BCUT2D eigenvalue weighted by Gasteiger charge is 2.24. The van der Waals surface area contributed by atoms with Crippen LogP contribution in [0.2, 0.25) is 0 Å². The SMILES string of the molecule is Cc1cc(C2CCOC2)oc(=O)c1C(=O)Nc1cc(F)ccc1NS(C)(=O)=O. The van der Waals surface area contributed by atoms with E-state index in [2.05, 4.69) is 10.0 Å². The number of halogens is 1. The number of amides is 1. The van der Waals surface area contributed by atoms with Gasteiger partial charge in [0, 0.05) is 12.5 Å². The fourth-order valence-corrected chi connectivity index (χ4v) is 3.54. The lowest BCUT2D eigenvalue weighted by molar-refractivity contribution is 0.102. The van der Waals surface area contributed by atoms with Gasteiger partial charge in [-0.15, -0.1) is 0 Å². The van der Waals surface area contributed by atoms with Crippen LogP contribution >= 0.6 is 0 Å². The molecule has 1 aromatic heterocycles. The van der Waals surface area contributed by atoms with Gasteiger partial charge in [-0.1, -0.05) is 0 Å². The first-order valence-corrected chi connectivity index (χ1v) is 10.3. The quantitative estimate of drug-likeness (QED) is 0.781. The van der Waals surface area contributed by atoms with E-state index in [-0.39, 0.29) is 22.9 Å². The molecule has 28 heavy (non-hydrogen) atoms. The molecule has 1 unspecified atom stereocenters. The molecule has 0 bridgehead atoms. The lowest BCUT2D eigenvalue weighted by Gasteiger charge is -2.13. The molecule has 0 spiro atoms. The monoisotopic (exact) mass is 410 g/mol. The molecule has 1 amide bonds. The van der Waals surface area contributed by atoms with Gasteiger partial charge in [-0.05, 0) is 43.2 Å². The van der Waals surface area contributed by atoms with Crippen molar-refractivity contribution in [3.63, 3.8) is 0 Å². The summed E-state index contributed by atoms with van der Waals surface area (Å²) in [5.74, 6) is -1.11. The molecule has 0 saturated carbocycles. The van der Waals surface area contributed by atoms with Gasteiger partial charge >= 0.3 is 5.63 Å². The molecular formula is C18H19FN2O6S. The van der Waals surface area contributed by atoms with Crippen LogP contribution in [0.3, 0.4) is 0 Å². The summed E-state index contributed by atoms with van der Waals surface area (Å²) in [6.07, 6.45) is 1.64. The van der Waals surface area contributed by atoms with E-state index in [1.165, 1.54) is 6.07 Å². The highest BCUT2D eigenvalue weighted by Crippen LogP contribution is 2.27. The van der Waals surface area contributed by atoms with Crippen LogP contribution in [0.5, 0.6) is 0 Å². The highest BCUT2D eigenvalue weighted by molar-refractivity contribution is 7.92. The Morgan fingerprint density at radius 1 is 1.25 bits per heavy atom. The summed E-state index contributed by atoms with van der Waals surface area (Å²) in [5, 5.41) is 2.37. The van der Waals surface area contributed by atoms with Crippen LogP contribution in [0.25, 0.3) is 0 Å². The van der Waals surface area contributed by atoms with Gasteiger partial charge in [0.05, 0.1) is 24.2 Å². The number of carbonyl (C=O) groups is 1. The van der Waals surface area contributed by atoms with E-state index < -0.39 is 27.4 Å². The van der Waals surface area contributed by atoms with Gasteiger partial charge in [0.25, 0.3) is 5.91 Å². The summed E-state index contributed by atoms with van der Waals surface area (Å²) in [4.78, 5) is 25.0. The van der Waals surface area contributed by atoms with Gasteiger partial charge in [-0.2, -0.15) is 0 Å². The Morgan fingerprint density at radius 3 is 2.61 bits per heavy atom. The van der Waals surface area contributed by atoms with Crippen molar-refractivity contribution in [1.29, 1.82) is 0 Å². The molecule has 1 saturated heterocycles. The van der Waals surface area contributed by atoms with E-state index in [1.807, 2.05) is 0 Å². The molecule has 1 aromatic carbocycles. The van der Waals surface area contributed by atoms with Crippen molar-refractivity contribution >= 4 is 27.3 Å². The third-order valence-corrected chi connectivity index (χ3v) is 4.84. The van der Waals surface area contributed by atoms with E-state index in [0.29, 0.717) is 24.5 Å². The van der Waals surface area contributed by atoms with Crippen molar-refractivity contribution in [2.24, 2.45) is 0 Å². The summed E-state index contributed by atoms with van der Waals surface area (Å²) in [7, 11) is -3.66. The van der Waals surface area contributed by atoms with Crippen molar-refractivity contribution in [3.05, 3.63) is 57.4 Å². The summed E-state index contributed by atoms with van der Waals surface area (Å²) in [6, 6.07) is 4.77. The lowest BCUT2D eigenvalue weighted by atomic mass is 10.0. The number of anilines is 2. The molecule has 1 fully saturated rings. The number of nitrogens with one attached hydrogen (secondary N) is 2. The number of benzene rings is 1. The first-order chi connectivity index (χ1) is 13.1. The largest absolute Gasteiger partial charge is 0.427 e. The van der Waals surface area contributed by atoms with Crippen LogP contribution in [0.1, 0.15) is 34.0 Å². The number of hydrogen-bond acceptors (Lipinski definition) is 6. The zero-order valence-corrected chi connectivity index (χ0v) is 16.1. The summed E-state index contributed by atoms with van der Waals surface area (Å²) >= 11 is 0. The minimum absolute atomic E-state index is 0.0287. The van der Waals surface area contributed by atoms with Gasteiger partial charge in [-0.25, -0.2) is 17.6 Å². The number of rotatable bonds is 5. The minimum Gasteiger partial charge on any atom is -0.427 e. The Hall–Kier alpha value is -2.72. The average Bonchev–Trinajstić information content (AvgIpc) is 3.10. The van der Waals surface area contributed by atoms with E-state index in [4.69, 9.17) is 9.15 Å². The van der Waals surface area contributed by atoms with Crippen LogP contribution in [0.15, 0.2) is 33.5 Å². The average molecular weight is 410 g/mol. The van der Waals surface area contributed by atoms with Crippen molar-refractivity contribution in [2.75, 3.05) is 29.5 Å². The molecule has 2 aromatic rings. The molecule has 3 rings (SSSR count). The first kappa shape index (κ1) is 20.0. The van der Waals surface area contributed by atoms with Gasteiger partial charge < -0.3 is 14.5 Å². The molecule has 1 aliphatic rings. The van der Waals surface area contributed by atoms with E-state index in [0.717, 1.165) is 24.8 Å². The zero-order chi connectivity index (χ0) is 20.5. The minimum atomic E-state index is -3.66. The second-order valence-corrected chi connectivity index (χ2v) is 8.32. The summed E-state index contributed by atoms with van der Waals surface area (Å²) < 4.78 is 49.3. The van der Waals surface area contributed by atoms with Crippen LogP contribution < -0.4 is 15.7 Å². The van der Waals surface area contributed by atoms with Gasteiger partial charge in [0.1, 0.15) is 17.1 Å². The normalized spacial score (nSPS) is 16.8. The molecule has 1 atom stereocenters. The topological polar surface area (TPSA) is 115 Å². The molecule has 1 aliphatic heterocycles.